The zero-order chi connectivity index (χ0) is 16.7. The number of hydrogen-bond acceptors (Lipinski definition) is 6. The van der Waals surface area contributed by atoms with Crippen LogP contribution in [-0.4, -0.2) is 74.2 Å². The molecule has 0 aromatic carbocycles. The molecule has 2 fully saturated rings. The van der Waals surface area contributed by atoms with E-state index in [2.05, 4.69) is 9.80 Å². The summed E-state index contributed by atoms with van der Waals surface area (Å²) in [5.41, 5.74) is 0. The van der Waals surface area contributed by atoms with Crippen molar-refractivity contribution in [2.45, 2.75) is 57.2 Å². The van der Waals surface area contributed by atoms with Crippen LogP contribution in [0.3, 0.4) is 0 Å². The van der Waals surface area contributed by atoms with Crippen LogP contribution in [0.25, 0.3) is 0 Å². The van der Waals surface area contributed by atoms with E-state index in [0.29, 0.717) is 19.3 Å². The minimum Gasteiger partial charge on any atom is -0.461 e. The van der Waals surface area contributed by atoms with Crippen molar-refractivity contribution in [2.75, 3.05) is 40.3 Å². The summed E-state index contributed by atoms with van der Waals surface area (Å²) in [7, 11) is 4.08. The molecule has 0 spiro atoms. The SMILES string of the molecule is CN1CCCC(OC(=O)CCCC(=O)OC2CCCN(C)C2)C1.Cl. The lowest BCUT2D eigenvalue weighted by Gasteiger charge is -2.29. The first-order valence-electron chi connectivity index (χ1n) is 8.79. The number of halogens is 1. The van der Waals surface area contributed by atoms with Crippen LogP contribution in [-0.2, 0) is 19.1 Å². The Balaban J connectivity index is 0.00000288. The largest absolute Gasteiger partial charge is 0.461 e. The fourth-order valence-electron chi connectivity index (χ4n) is 3.30. The van der Waals surface area contributed by atoms with E-state index in [1.54, 1.807) is 0 Å². The molecule has 6 nitrogen and oxygen atoms in total. The summed E-state index contributed by atoms with van der Waals surface area (Å²) >= 11 is 0. The molecule has 2 atom stereocenters. The molecule has 0 amide bonds. The maximum Gasteiger partial charge on any atom is 0.306 e. The highest BCUT2D eigenvalue weighted by atomic mass is 35.5. The molecule has 7 heteroatoms. The smallest absolute Gasteiger partial charge is 0.306 e. The van der Waals surface area contributed by atoms with Crippen LogP contribution in [0.1, 0.15) is 44.9 Å². The second-order valence-corrected chi connectivity index (χ2v) is 6.89. The van der Waals surface area contributed by atoms with E-state index in [1.165, 1.54) is 0 Å². The molecule has 0 aromatic heterocycles. The molecular weight excluding hydrogens is 332 g/mol. The Labute approximate surface area is 151 Å². The Bertz CT molecular complexity index is 372. The van der Waals surface area contributed by atoms with E-state index in [-0.39, 0.29) is 36.6 Å². The summed E-state index contributed by atoms with van der Waals surface area (Å²) < 4.78 is 10.9. The molecule has 0 aliphatic carbocycles. The van der Waals surface area contributed by atoms with E-state index in [9.17, 15) is 9.59 Å². The molecule has 0 bridgehead atoms. The van der Waals surface area contributed by atoms with Crippen LogP contribution in [0.4, 0.5) is 0 Å². The van der Waals surface area contributed by atoms with Gasteiger partial charge in [-0.15, -0.1) is 12.4 Å². The molecule has 2 aliphatic heterocycles. The Morgan fingerprint density at radius 1 is 0.875 bits per heavy atom. The second-order valence-electron chi connectivity index (χ2n) is 6.89. The number of hydrogen-bond donors (Lipinski definition) is 0. The minimum absolute atomic E-state index is 0. The van der Waals surface area contributed by atoms with Gasteiger partial charge in [0.25, 0.3) is 0 Å². The van der Waals surface area contributed by atoms with Gasteiger partial charge >= 0.3 is 11.9 Å². The third-order valence-corrected chi connectivity index (χ3v) is 4.52. The number of esters is 2. The normalized spacial score (nSPS) is 25.6. The van der Waals surface area contributed by atoms with E-state index >= 15 is 0 Å². The number of ether oxygens (including phenoxy) is 2. The van der Waals surface area contributed by atoms with E-state index in [0.717, 1.165) is 51.9 Å². The zero-order valence-corrected chi connectivity index (χ0v) is 15.7. The van der Waals surface area contributed by atoms with Crippen molar-refractivity contribution in [3.05, 3.63) is 0 Å². The van der Waals surface area contributed by atoms with Gasteiger partial charge in [0.05, 0.1) is 0 Å². The molecule has 2 saturated heterocycles. The van der Waals surface area contributed by atoms with Crippen molar-refractivity contribution in [1.82, 2.24) is 9.80 Å². The third kappa shape index (κ3) is 7.81. The highest BCUT2D eigenvalue weighted by Gasteiger charge is 2.22. The molecule has 0 aromatic rings. The van der Waals surface area contributed by atoms with Crippen molar-refractivity contribution in [3.63, 3.8) is 0 Å². The van der Waals surface area contributed by atoms with Crippen molar-refractivity contribution in [1.29, 1.82) is 0 Å². The van der Waals surface area contributed by atoms with Crippen molar-refractivity contribution in [2.24, 2.45) is 0 Å². The van der Waals surface area contributed by atoms with Gasteiger partial charge in [-0.2, -0.15) is 0 Å². The molecule has 24 heavy (non-hydrogen) atoms. The number of likely N-dealkylation sites (N-methyl/N-ethyl adjacent to an activating group) is 2. The van der Waals surface area contributed by atoms with Crippen LogP contribution in [0.15, 0.2) is 0 Å². The summed E-state index contributed by atoms with van der Waals surface area (Å²) in [5, 5.41) is 0. The number of piperidine rings is 2. The zero-order valence-electron chi connectivity index (χ0n) is 14.9. The summed E-state index contributed by atoms with van der Waals surface area (Å²) in [6.07, 6.45) is 5.10. The summed E-state index contributed by atoms with van der Waals surface area (Å²) in [4.78, 5) is 28.0. The lowest BCUT2D eigenvalue weighted by atomic mass is 10.1. The average Bonchev–Trinajstić information content (AvgIpc) is 2.47. The molecule has 2 heterocycles. The Morgan fingerprint density at radius 3 is 1.67 bits per heavy atom. The molecule has 2 aliphatic rings. The first kappa shape index (κ1) is 21.2. The molecule has 0 N–H and O–H groups in total. The molecule has 140 valence electrons. The third-order valence-electron chi connectivity index (χ3n) is 4.52. The Kier molecular flexibility index (Phi) is 9.63. The molecular formula is C17H31ClN2O4. The van der Waals surface area contributed by atoms with Gasteiger partial charge in [0, 0.05) is 25.9 Å². The number of carbonyl (C=O) groups is 2. The van der Waals surface area contributed by atoms with Crippen LogP contribution < -0.4 is 0 Å². The summed E-state index contributed by atoms with van der Waals surface area (Å²) in [6, 6.07) is 0. The fraction of sp³-hybridized carbons (Fsp3) is 0.882. The number of rotatable bonds is 6. The van der Waals surface area contributed by atoms with Gasteiger partial charge < -0.3 is 19.3 Å². The monoisotopic (exact) mass is 362 g/mol. The van der Waals surface area contributed by atoms with Crippen LogP contribution in [0, 0.1) is 0 Å². The second kappa shape index (κ2) is 10.9. The van der Waals surface area contributed by atoms with Crippen molar-refractivity contribution >= 4 is 24.3 Å². The summed E-state index contributed by atoms with van der Waals surface area (Å²) in [6.45, 7) is 3.75. The first-order chi connectivity index (χ1) is 11.0. The van der Waals surface area contributed by atoms with Crippen LogP contribution in [0.5, 0.6) is 0 Å². The minimum atomic E-state index is -0.199. The van der Waals surface area contributed by atoms with Crippen LogP contribution in [0.2, 0.25) is 0 Å². The summed E-state index contributed by atoms with van der Waals surface area (Å²) in [5.74, 6) is -0.397. The Morgan fingerprint density at radius 2 is 1.29 bits per heavy atom. The molecule has 2 unspecified atom stereocenters. The van der Waals surface area contributed by atoms with Gasteiger partial charge in [-0.3, -0.25) is 9.59 Å². The first-order valence-corrected chi connectivity index (χ1v) is 8.79. The van der Waals surface area contributed by atoms with Gasteiger partial charge in [0.15, 0.2) is 0 Å². The lowest BCUT2D eigenvalue weighted by Crippen LogP contribution is -2.38. The number of likely N-dealkylation sites (tertiary alicyclic amines) is 2. The van der Waals surface area contributed by atoms with Gasteiger partial charge in [0.1, 0.15) is 12.2 Å². The topological polar surface area (TPSA) is 59.1 Å². The van der Waals surface area contributed by atoms with E-state index < -0.39 is 0 Å². The van der Waals surface area contributed by atoms with Gasteiger partial charge in [-0.1, -0.05) is 0 Å². The quantitative estimate of drug-likeness (QED) is 0.672. The van der Waals surface area contributed by atoms with E-state index in [1.807, 2.05) is 14.1 Å². The Hall–Kier alpha value is -0.850. The van der Waals surface area contributed by atoms with Gasteiger partial charge in [-0.05, 0) is 59.3 Å². The van der Waals surface area contributed by atoms with Gasteiger partial charge in [0.2, 0.25) is 0 Å². The standard InChI is InChI=1S/C17H30N2O4.ClH/c1-18-10-4-6-14(12-18)22-16(20)8-3-9-17(21)23-15-7-5-11-19(2)13-15;/h14-15H,3-13H2,1-2H3;1H. The predicted molar refractivity (Wildman–Crippen MR) is 94.3 cm³/mol. The highest BCUT2D eigenvalue weighted by molar-refractivity contribution is 5.85. The van der Waals surface area contributed by atoms with Crippen molar-refractivity contribution < 1.29 is 19.1 Å². The fourth-order valence-corrected chi connectivity index (χ4v) is 3.30. The predicted octanol–water partition coefficient (Wildman–Crippen LogP) is 1.85. The maximum absolute atomic E-state index is 11.8. The van der Waals surface area contributed by atoms with E-state index in [4.69, 9.17) is 9.47 Å². The molecule has 0 radical (unpaired) electrons. The lowest BCUT2D eigenvalue weighted by molar-refractivity contribution is -0.153. The highest BCUT2D eigenvalue weighted by Crippen LogP contribution is 2.15. The average molecular weight is 363 g/mol. The van der Waals surface area contributed by atoms with Gasteiger partial charge in [-0.25, -0.2) is 0 Å². The van der Waals surface area contributed by atoms with Crippen molar-refractivity contribution in [3.8, 4) is 0 Å². The number of nitrogens with zero attached hydrogens (tertiary/aromatic N) is 2. The van der Waals surface area contributed by atoms with Crippen LogP contribution >= 0.6 is 12.4 Å². The maximum atomic E-state index is 11.8. The molecule has 2 rings (SSSR count). The number of carbonyl (C=O) groups excluding carboxylic acids is 2. The molecule has 0 saturated carbocycles.